The first-order valence-corrected chi connectivity index (χ1v) is 7.23. The number of hydrogen-bond donors (Lipinski definition) is 0. The molecule has 116 valence electrons. The summed E-state index contributed by atoms with van der Waals surface area (Å²) < 4.78 is 37.3. The first-order chi connectivity index (χ1) is 9.75. The van der Waals surface area contributed by atoms with Crippen LogP contribution in [0.3, 0.4) is 0 Å². The summed E-state index contributed by atoms with van der Waals surface area (Å²) in [6, 6.07) is 4.72. The van der Waals surface area contributed by atoms with E-state index in [-0.39, 0.29) is 17.7 Å². The first-order valence-electron chi connectivity index (χ1n) is 6.80. The lowest BCUT2D eigenvalue weighted by atomic mass is 9.84. The third kappa shape index (κ3) is 4.37. The summed E-state index contributed by atoms with van der Waals surface area (Å²) in [6.07, 6.45) is -2.40. The van der Waals surface area contributed by atoms with Crippen molar-refractivity contribution in [2.75, 3.05) is 13.6 Å². The van der Waals surface area contributed by atoms with Crippen molar-refractivity contribution in [3.8, 4) is 0 Å². The van der Waals surface area contributed by atoms with Gasteiger partial charge in [0.15, 0.2) is 0 Å². The van der Waals surface area contributed by atoms with Gasteiger partial charge in [-0.25, -0.2) is 0 Å². The minimum Gasteiger partial charge on any atom is -0.345 e. The molecule has 1 saturated carbocycles. The fraction of sp³-hybridized carbons (Fsp3) is 0.533. The van der Waals surface area contributed by atoms with E-state index < -0.39 is 11.7 Å². The lowest BCUT2D eigenvalue weighted by Gasteiger charge is -2.34. The number of amides is 1. The van der Waals surface area contributed by atoms with Crippen molar-refractivity contribution in [2.45, 2.75) is 30.8 Å². The Morgan fingerprint density at radius 2 is 1.86 bits per heavy atom. The van der Waals surface area contributed by atoms with Crippen LogP contribution in [0.1, 0.15) is 24.0 Å². The van der Waals surface area contributed by atoms with Gasteiger partial charge in [0, 0.05) is 19.0 Å². The number of hydrogen-bond acceptors (Lipinski definition) is 1. The molecule has 0 spiro atoms. The van der Waals surface area contributed by atoms with Gasteiger partial charge in [-0.05, 0) is 36.5 Å². The van der Waals surface area contributed by atoms with Gasteiger partial charge in [0.25, 0.3) is 0 Å². The molecule has 1 amide bonds. The van der Waals surface area contributed by atoms with Crippen LogP contribution in [0.4, 0.5) is 13.2 Å². The summed E-state index contributed by atoms with van der Waals surface area (Å²) in [7, 11) is 1.72. The number of carbonyl (C=O) groups excluding carboxylic acids is 1. The summed E-state index contributed by atoms with van der Waals surface area (Å²) in [4.78, 5) is 13.7. The molecule has 0 bridgehead atoms. The Balaban J connectivity index is 1.87. The second-order valence-electron chi connectivity index (χ2n) is 5.58. The highest BCUT2D eigenvalue weighted by atomic mass is 35.5. The van der Waals surface area contributed by atoms with E-state index in [1.807, 2.05) is 0 Å². The molecule has 1 fully saturated rings. The van der Waals surface area contributed by atoms with Gasteiger partial charge in [-0.15, -0.1) is 11.6 Å². The number of nitrogens with zero attached hydrogens (tertiary/aromatic N) is 1. The second kappa shape index (κ2) is 6.26. The molecule has 21 heavy (non-hydrogen) atoms. The number of rotatable bonds is 4. The third-order valence-corrected chi connectivity index (χ3v) is 4.13. The smallest absolute Gasteiger partial charge is 0.345 e. The molecule has 0 radical (unpaired) electrons. The highest BCUT2D eigenvalue weighted by Gasteiger charge is 2.30. The molecule has 6 heteroatoms. The molecule has 2 nitrogen and oxygen atoms in total. The second-order valence-corrected chi connectivity index (χ2v) is 6.20. The maximum Gasteiger partial charge on any atom is 0.416 e. The molecule has 0 aliphatic heterocycles. The molecule has 0 N–H and O–H groups in total. The maximum atomic E-state index is 12.4. The molecule has 1 aromatic carbocycles. The molecule has 2 rings (SSSR count). The van der Waals surface area contributed by atoms with Crippen LogP contribution in [0.2, 0.25) is 0 Å². The minimum absolute atomic E-state index is 0.0900. The summed E-state index contributed by atoms with van der Waals surface area (Å²) in [5, 5.41) is 0.216. The minimum atomic E-state index is -4.35. The van der Waals surface area contributed by atoms with Crippen molar-refractivity contribution in [2.24, 2.45) is 5.92 Å². The Morgan fingerprint density at radius 3 is 2.33 bits per heavy atom. The number of likely N-dealkylation sites (N-methyl/N-ethyl adjacent to an activating group) is 1. The van der Waals surface area contributed by atoms with Crippen LogP contribution in [0.15, 0.2) is 24.3 Å². The predicted octanol–water partition coefficient (Wildman–Crippen LogP) is 3.72. The van der Waals surface area contributed by atoms with Gasteiger partial charge in [-0.3, -0.25) is 4.79 Å². The Kier molecular flexibility index (Phi) is 4.81. The van der Waals surface area contributed by atoms with Crippen LogP contribution in [0, 0.1) is 5.92 Å². The van der Waals surface area contributed by atoms with Crippen molar-refractivity contribution < 1.29 is 18.0 Å². The fourth-order valence-corrected chi connectivity index (χ4v) is 2.92. The zero-order chi connectivity index (χ0) is 15.6. The summed E-state index contributed by atoms with van der Waals surface area (Å²) in [5.41, 5.74) is -0.113. The normalized spacial score (nSPS) is 21.8. The van der Waals surface area contributed by atoms with E-state index in [1.54, 1.807) is 11.9 Å². The summed E-state index contributed by atoms with van der Waals surface area (Å²) in [6.45, 7) is 0.655. The Bertz CT molecular complexity index is 495. The van der Waals surface area contributed by atoms with Crippen molar-refractivity contribution >= 4 is 17.5 Å². The van der Waals surface area contributed by atoms with Gasteiger partial charge < -0.3 is 4.90 Å². The SMILES string of the molecule is CN(CC1CC(Cl)C1)C(=O)Cc1ccc(C(F)(F)F)cc1. The lowest BCUT2D eigenvalue weighted by Crippen LogP contribution is -2.38. The largest absolute Gasteiger partial charge is 0.416 e. The van der Waals surface area contributed by atoms with Gasteiger partial charge in [-0.2, -0.15) is 13.2 Å². The Labute approximate surface area is 126 Å². The fourth-order valence-electron chi connectivity index (χ4n) is 2.41. The summed E-state index contributed by atoms with van der Waals surface area (Å²) in [5.74, 6) is 0.349. The first kappa shape index (κ1) is 16.1. The van der Waals surface area contributed by atoms with Crippen LogP contribution in [-0.2, 0) is 17.4 Å². The zero-order valence-electron chi connectivity index (χ0n) is 11.7. The average molecular weight is 320 g/mol. The van der Waals surface area contributed by atoms with Gasteiger partial charge in [0.2, 0.25) is 5.91 Å². The number of halogens is 4. The van der Waals surface area contributed by atoms with E-state index >= 15 is 0 Å². The Morgan fingerprint density at radius 1 is 1.29 bits per heavy atom. The molecule has 0 unspecified atom stereocenters. The number of benzene rings is 1. The van der Waals surface area contributed by atoms with Crippen LogP contribution in [-0.4, -0.2) is 29.8 Å². The number of alkyl halides is 4. The highest BCUT2D eigenvalue weighted by molar-refractivity contribution is 6.21. The average Bonchev–Trinajstić information content (AvgIpc) is 2.36. The van der Waals surface area contributed by atoms with E-state index in [4.69, 9.17) is 11.6 Å². The summed E-state index contributed by atoms with van der Waals surface area (Å²) >= 11 is 5.89. The van der Waals surface area contributed by atoms with Gasteiger partial charge >= 0.3 is 6.18 Å². The van der Waals surface area contributed by atoms with Crippen molar-refractivity contribution in [3.63, 3.8) is 0 Å². The molecule has 1 aliphatic carbocycles. The van der Waals surface area contributed by atoms with E-state index in [1.165, 1.54) is 12.1 Å². The topological polar surface area (TPSA) is 20.3 Å². The molecular weight excluding hydrogens is 303 g/mol. The van der Waals surface area contributed by atoms with E-state index in [2.05, 4.69) is 0 Å². The molecule has 0 atom stereocenters. The molecule has 1 aromatic rings. The highest BCUT2D eigenvalue weighted by Crippen LogP contribution is 2.32. The van der Waals surface area contributed by atoms with Crippen molar-refractivity contribution in [1.82, 2.24) is 4.90 Å². The molecule has 0 heterocycles. The van der Waals surface area contributed by atoms with Gasteiger partial charge in [0.05, 0.1) is 12.0 Å². The van der Waals surface area contributed by atoms with Crippen LogP contribution >= 0.6 is 11.6 Å². The van der Waals surface area contributed by atoms with Gasteiger partial charge in [0.1, 0.15) is 0 Å². The predicted molar refractivity (Wildman–Crippen MR) is 75.2 cm³/mol. The van der Waals surface area contributed by atoms with Crippen molar-refractivity contribution in [3.05, 3.63) is 35.4 Å². The molecule has 0 saturated heterocycles. The van der Waals surface area contributed by atoms with E-state index in [0.717, 1.165) is 25.0 Å². The quantitative estimate of drug-likeness (QED) is 0.775. The van der Waals surface area contributed by atoms with E-state index in [0.29, 0.717) is 18.0 Å². The molecule has 1 aliphatic rings. The maximum absolute atomic E-state index is 12.4. The third-order valence-electron chi connectivity index (χ3n) is 3.77. The molecule has 0 aromatic heterocycles. The molecular formula is C15H17ClF3NO. The van der Waals surface area contributed by atoms with Crippen LogP contribution in [0.25, 0.3) is 0 Å². The zero-order valence-corrected chi connectivity index (χ0v) is 12.4. The number of carbonyl (C=O) groups is 1. The van der Waals surface area contributed by atoms with Crippen molar-refractivity contribution in [1.29, 1.82) is 0 Å². The Hall–Kier alpha value is -1.23. The standard InChI is InChI=1S/C15H17ClF3NO/c1-20(9-11-6-13(16)7-11)14(21)8-10-2-4-12(5-3-10)15(17,18)19/h2-5,11,13H,6-9H2,1H3. The van der Waals surface area contributed by atoms with Crippen LogP contribution in [0.5, 0.6) is 0 Å². The van der Waals surface area contributed by atoms with E-state index in [9.17, 15) is 18.0 Å². The van der Waals surface area contributed by atoms with Gasteiger partial charge in [-0.1, -0.05) is 12.1 Å². The monoisotopic (exact) mass is 319 g/mol. The van der Waals surface area contributed by atoms with Crippen LogP contribution < -0.4 is 0 Å². The lowest BCUT2D eigenvalue weighted by molar-refractivity contribution is -0.137.